The zero-order valence-electron chi connectivity index (χ0n) is 50.8. The van der Waals surface area contributed by atoms with Gasteiger partial charge in [0.05, 0.1) is 18.3 Å². The molecule has 0 unspecified atom stereocenters. The van der Waals surface area contributed by atoms with Crippen molar-refractivity contribution in [3.8, 4) is 0 Å². The number of hydrogen-bond acceptors (Lipinski definition) is 18. The van der Waals surface area contributed by atoms with E-state index in [0.717, 1.165) is 173 Å². The number of esters is 3. The molecule has 0 rings (SSSR count). The van der Waals surface area contributed by atoms with Crippen molar-refractivity contribution in [1.82, 2.24) is 0 Å². The third-order valence-corrected chi connectivity index (χ3v) is 14.5. The zero-order chi connectivity index (χ0) is 58.0. The average Bonchev–Trinajstić information content (AvgIpc) is 3.36. The summed E-state index contributed by atoms with van der Waals surface area (Å²) in [5.41, 5.74) is 0. The van der Waals surface area contributed by atoms with Crippen molar-refractivity contribution in [3.05, 3.63) is 36.5 Å². The van der Waals surface area contributed by atoms with Gasteiger partial charge in [0.2, 0.25) is 31.2 Å². The molecule has 0 aromatic rings. The van der Waals surface area contributed by atoms with Crippen molar-refractivity contribution in [1.29, 1.82) is 0 Å². The fourth-order valence-corrected chi connectivity index (χ4v) is 10.2. The first kappa shape index (κ1) is 87.7. The van der Waals surface area contributed by atoms with E-state index in [2.05, 4.69) is 20.8 Å². The summed E-state index contributed by atoms with van der Waals surface area (Å²) in [7, 11) is -14.3. The third-order valence-electron chi connectivity index (χ3n) is 13.0. The molecule has 0 N–H and O–H groups in total. The first-order valence-corrected chi connectivity index (χ1v) is 33.6. The van der Waals surface area contributed by atoms with Crippen LogP contribution in [-0.4, -0.2) is 94.4 Å². The molecule has 0 amide bonds. The molecule has 0 aliphatic carbocycles. The molecule has 0 bridgehead atoms. The topological polar surface area (TPSA) is 278 Å². The molecule has 0 aliphatic heterocycles. The second-order valence-electron chi connectivity index (χ2n) is 20.4. The summed E-state index contributed by atoms with van der Waals surface area (Å²) in [4.78, 5) is 38.3. The molecule has 0 saturated carbocycles. The summed E-state index contributed by atoms with van der Waals surface area (Å²) < 4.78 is 131. The Kier molecular flexibility index (Phi) is 64.1. The first-order chi connectivity index (χ1) is 37.3. The molecule has 0 spiro atoms. The standard InChI is InChI=1S/C57H104O18S3.3Na/c1-4-7-10-31-40-51(73-76(61,62)63)43-34-25-19-13-16-22-28-37-46-55(58)70-49-54(72-57(60)48-39-30-24-18-15-21-27-36-45-53(75-78(67,68)69)42-33-12-9-6-3)50-71-56(59)47-38-29-23-17-14-20-26-35-44-52(74-77(64,65)66)41-32-11-8-5-2;;;/h25-27,34-36,51-54H,4-24,28-33,37-50H2,1-3H3,(H,61,62,63)(H,64,65,66)(H,67,68,69);;;/q;3*+1/p-3/b34-25-,35-26-,36-27-;;;/t51-,52-,53-;;;/m1.../s1. The van der Waals surface area contributed by atoms with E-state index in [1.54, 1.807) is 0 Å². The summed E-state index contributed by atoms with van der Waals surface area (Å²) >= 11 is 0. The molecule has 81 heavy (non-hydrogen) atoms. The van der Waals surface area contributed by atoms with E-state index in [1.807, 2.05) is 36.5 Å². The molecular formula is C57H101Na3O18S3. The molecule has 0 saturated heterocycles. The van der Waals surface area contributed by atoms with Gasteiger partial charge in [0.25, 0.3) is 0 Å². The summed E-state index contributed by atoms with van der Waals surface area (Å²) in [5.74, 6) is -1.37. The SMILES string of the molecule is CCCCCC[C@H](C/C=C\CCCCCCCC(=O)OCC(COC(=O)CCCCCCC/C=C\C[C@@H](CCCCCC)OS(=O)(=O)[O-])OC(=O)CCCCCCC/C=C\C[C@@H](CCCCCC)OS(=O)(=O)[O-])OS(=O)(=O)[O-].[Na+].[Na+].[Na+]. The fourth-order valence-electron chi connectivity index (χ4n) is 8.67. The Hall–Kier alpha value is 0.240. The predicted molar refractivity (Wildman–Crippen MR) is 300 cm³/mol. The Morgan fingerprint density at radius 1 is 0.346 bits per heavy atom. The summed E-state index contributed by atoms with van der Waals surface area (Å²) in [5, 5.41) is 0. The molecule has 0 aliphatic rings. The van der Waals surface area contributed by atoms with Crippen molar-refractivity contribution in [2.45, 2.75) is 296 Å². The van der Waals surface area contributed by atoms with Crippen LogP contribution in [0.25, 0.3) is 0 Å². The molecule has 0 radical (unpaired) electrons. The first-order valence-electron chi connectivity index (χ1n) is 29.6. The van der Waals surface area contributed by atoms with Gasteiger partial charge >= 0.3 is 107 Å². The van der Waals surface area contributed by atoms with Gasteiger partial charge in [-0.1, -0.05) is 192 Å². The molecule has 0 heterocycles. The van der Waals surface area contributed by atoms with E-state index in [4.69, 9.17) is 26.8 Å². The average molecular weight is 1240 g/mol. The van der Waals surface area contributed by atoms with Crippen LogP contribution in [0.4, 0.5) is 0 Å². The summed E-state index contributed by atoms with van der Waals surface area (Å²) in [6.07, 6.45) is 38.0. The van der Waals surface area contributed by atoms with Crippen LogP contribution in [0.1, 0.15) is 271 Å². The normalized spacial score (nSPS) is 13.2. The second-order valence-corrected chi connectivity index (χ2v) is 23.5. The van der Waals surface area contributed by atoms with E-state index in [0.29, 0.717) is 57.8 Å². The van der Waals surface area contributed by atoms with Crippen molar-refractivity contribution in [2.24, 2.45) is 0 Å². The Labute approximate surface area is 557 Å². The molecule has 0 aromatic heterocycles. The van der Waals surface area contributed by atoms with Crippen molar-refractivity contribution >= 4 is 49.1 Å². The van der Waals surface area contributed by atoms with Crippen LogP contribution in [0.2, 0.25) is 0 Å². The van der Waals surface area contributed by atoms with Gasteiger partial charge in [-0.05, 0) is 96.3 Å². The number of ether oxygens (including phenoxy) is 3. The number of rotatable bonds is 56. The van der Waals surface area contributed by atoms with E-state index >= 15 is 0 Å². The minimum Gasteiger partial charge on any atom is -0.726 e. The molecular weight excluding hydrogens is 1140 g/mol. The van der Waals surface area contributed by atoms with Gasteiger partial charge in [0, 0.05) is 19.3 Å². The smallest absolute Gasteiger partial charge is 0.726 e. The van der Waals surface area contributed by atoms with Crippen molar-refractivity contribution < 1.29 is 169 Å². The van der Waals surface area contributed by atoms with Gasteiger partial charge in [-0.3, -0.25) is 26.9 Å². The Balaban J connectivity index is -0.00000988. The maximum Gasteiger partial charge on any atom is 1.00 e. The third kappa shape index (κ3) is 66.0. The summed E-state index contributed by atoms with van der Waals surface area (Å²) in [6.45, 7) is 5.75. The maximum atomic E-state index is 12.9. The quantitative estimate of drug-likeness (QED) is 0.0154. The molecule has 0 aromatic carbocycles. The van der Waals surface area contributed by atoms with Gasteiger partial charge in [0.15, 0.2) is 6.10 Å². The van der Waals surface area contributed by atoms with E-state index < -0.39 is 73.5 Å². The fraction of sp³-hybridized carbons (Fsp3) is 0.842. The van der Waals surface area contributed by atoms with Crippen LogP contribution in [-0.2, 0) is 72.3 Å². The zero-order valence-corrected chi connectivity index (χ0v) is 59.3. The maximum absolute atomic E-state index is 12.9. The Morgan fingerprint density at radius 3 is 0.889 bits per heavy atom. The number of allylic oxidation sites excluding steroid dienone is 3. The van der Waals surface area contributed by atoms with E-state index in [1.165, 1.54) is 0 Å². The van der Waals surface area contributed by atoms with Crippen LogP contribution < -0.4 is 88.7 Å². The van der Waals surface area contributed by atoms with Crippen LogP contribution in [0, 0.1) is 0 Å². The van der Waals surface area contributed by atoms with Crippen molar-refractivity contribution in [2.75, 3.05) is 13.2 Å². The molecule has 3 atom stereocenters. The van der Waals surface area contributed by atoms with Gasteiger partial charge in [-0.2, -0.15) is 0 Å². The number of carbonyl (C=O) groups is 3. The van der Waals surface area contributed by atoms with Gasteiger partial charge in [-0.25, -0.2) is 25.3 Å². The van der Waals surface area contributed by atoms with Gasteiger partial charge in [0.1, 0.15) is 13.2 Å². The number of carbonyl (C=O) groups excluding carboxylic acids is 3. The Morgan fingerprint density at radius 2 is 0.605 bits per heavy atom. The molecule has 458 valence electrons. The second kappa shape index (κ2) is 59.2. The van der Waals surface area contributed by atoms with Crippen LogP contribution in [0.3, 0.4) is 0 Å². The minimum atomic E-state index is -4.77. The number of hydrogen-bond donors (Lipinski definition) is 0. The Bertz CT molecular complexity index is 1850. The monoisotopic (exact) mass is 1240 g/mol. The molecule has 24 heteroatoms. The predicted octanol–water partition coefficient (Wildman–Crippen LogP) is 4.48. The van der Waals surface area contributed by atoms with E-state index in [-0.39, 0.29) is 121 Å². The van der Waals surface area contributed by atoms with Crippen LogP contribution in [0.5, 0.6) is 0 Å². The van der Waals surface area contributed by atoms with Crippen molar-refractivity contribution in [3.63, 3.8) is 0 Å². The van der Waals surface area contributed by atoms with Gasteiger partial charge in [-0.15, -0.1) is 0 Å². The molecule has 0 fully saturated rings. The minimum absolute atomic E-state index is 0. The van der Waals surface area contributed by atoms with Crippen LogP contribution >= 0.6 is 0 Å². The largest absolute Gasteiger partial charge is 1.00 e. The number of unbranched alkanes of at least 4 members (excludes halogenated alkanes) is 24. The molecule has 18 nitrogen and oxygen atoms in total. The van der Waals surface area contributed by atoms with E-state index in [9.17, 15) is 53.3 Å². The van der Waals surface area contributed by atoms with Crippen LogP contribution in [0.15, 0.2) is 36.5 Å². The summed E-state index contributed by atoms with van der Waals surface area (Å²) in [6, 6.07) is 0. The van der Waals surface area contributed by atoms with Gasteiger partial charge < -0.3 is 27.9 Å².